The molecule has 0 heterocycles. The summed E-state index contributed by atoms with van der Waals surface area (Å²) in [6.07, 6.45) is 5.92. The van der Waals surface area contributed by atoms with Gasteiger partial charge in [0.2, 0.25) is 0 Å². The van der Waals surface area contributed by atoms with E-state index in [1.165, 1.54) is 12.7 Å². The molecule has 0 amide bonds. The van der Waals surface area contributed by atoms with Crippen molar-refractivity contribution in [2.24, 2.45) is 0 Å². The minimum atomic E-state index is -0.205. The van der Waals surface area contributed by atoms with E-state index in [0.717, 1.165) is 0 Å². The van der Waals surface area contributed by atoms with Crippen LogP contribution in [0.1, 0.15) is 20.3 Å². The SMILES string of the molecule is COC(=O)C/C=C/C=C(C)C. The van der Waals surface area contributed by atoms with Crippen LogP contribution in [-0.2, 0) is 9.53 Å². The third kappa shape index (κ3) is 6.84. The van der Waals surface area contributed by atoms with Crippen LogP contribution in [0.4, 0.5) is 0 Å². The quantitative estimate of drug-likeness (QED) is 0.459. The number of hydrogen-bond acceptors (Lipinski definition) is 2. The summed E-state index contributed by atoms with van der Waals surface area (Å²) in [6.45, 7) is 4.00. The minimum absolute atomic E-state index is 0.205. The standard InChI is InChI=1S/C9H14O2/c1-8(2)6-4-5-7-9(10)11-3/h4-6H,7H2,1-3H3/b5-4+. The van der Waals surface area contributed by atoms with Crippen LogP contribution in [0, 0.1) is 0 Å². The fraction of sp³-hybridized carbons (Fsp3) is 0.444. The summed E-state index contributed by atoms with van der Waals surface area (Å²) in [5.41, 5.74) is 1.21. The Labute approximate surface area is 67.6 Å². The fourth-order valence-electron chi connectivity index (χ4n) is 0.508. The normalized spacial score (nSPS) is 9.73. The second-order valence-electron chi connectivity index (χ2n) is 2.45. The molecule has 0 aromatic carbocycles. The topological polar surface area (TPSA) is 26.3 Å². The summed E-state index contributed by atoms with van der Waals surface area (Å²) in [7, 11) is 1.39. The van der Waals surface area contributed by atoms with Gasteiger partial charge < -0.3 is 4.74 Å². The molecule has 0 N–H and O–H groups in total. The van der Waals surface area contributed by atoms with Gasteiger partial charge in [-0.15, -0.1) is 0 Å². The monoisotopic (exact) mass is 154 g/mol. The van der Waals surface area contributed by atoms with E-state index in [-0.39, 0.29) is 5.97 Å². The number of rotatable bonds is 3. The lowest BCUT2D eigenvalue weighted by Crippen LogP contribution is -1.96. The molecule has 0 unspecified atom stereocenters. The Morgan fingerprint density at radius 3 is 2.55 bits per heavy atom. The maximum atomic E-state index is 10.6. The van der Waals surface area contributed by atoms with E-state index in [0.29, 0.717) is 6.42 Å². The highest BCUT2D eigenvalue weighted by Crippen LogP contribution is 1.91. The van der Waals surface area contributed by atoms with Gasteiger partial charge in [-0.2, -0.15) is 0 Å². The van der Waals surface area contributed by atoms with Crippen LogP contribution < -0.4 is 0 Å². The smallest absolute Gasteiger partial charge is 0.309 e. The molecule has 0 saturated carbocycles. The molecule has 0 aliphatic heterocycles. The van der Waals surface area contributed by atoms with E-state index in [1.807, 2.05) is 26.0 Å². The molecule has 0 rings (SSSR count). The van der Waals surface area contributed by atoms with Crippen molar-refractivity contribution in [2.45, 2.75) is 20.3 Å². The third-order valence-electron chi connectivity index (χ3n) is 1.08. The molecular weight excluding hydrogens is 140 g/mol. The zero-order chi connectivity index (χ0) is 8.69. The number of allylic oxidation sites excluding steroid dienone is 3. The molecule has 0 aromatic rings. The van der Waals surface area contributed by atoms with Crippen molar-refractivity contribution in [2.75, 3.05) is 7.11 Å². The molecule has 0 aromatic heterocycles. The zero-order valence-electron chi connectivity index (χ0n) is 7.26. The summed E-state index contributed by atoms with van der Waals surface area (Å²) < 4.78 is 4.45. The molecule has 0 bridgehead atoms. The number of methoxy groups -OCH3 is 1. The lowest BCUT2D eigenvalue weighted by atomic mass is 10.3. The van der Waals surface area contributed by atoms with Gasteiger partial charge in [0, 0.05) is 0 Å². The first kappa shape index (κ1) is 9.95. The van der Waals surface area contributed by atoms with Gasteiger partial charge in [-0.1, -0.05) is 23.8 Å². The van der Waals surface area contributed by atoms with Crippen molar-refractivity contribution in [1.29, 1.82) is 0 Å². The molecule has 0 spiro atoms. The molecule has 2 heteroatoms. The summed E-state index contributed by atoms with van der Waals surface area (Å²) in [5, 5.41) is 0. The second-order valence-corrected chi connectivity index (χ2v) is 2.45. The van der Waals surface area contributed by atoms with Crippen LogP contribution in [0.25, 0.3) is 0 Å². The van der Waals surface area contributed by atoms with Crippen molar-refractivity contribution >= 4 is 5.97 Å². The van der Waals surface area contributed by atoms with E-state index in [1.54, 1.807) is 6.08 Å². The Morgan fingerprint density at radius 2 is 2.09 bits per heavy atom. The van der Waals surface area contributed by atoms with E-state index >= 15 is 0 Å². The van der Waals surface area contributed by atoms with E-state index in [9.17, 15) is 4.79 Å². The molecule has 62 valence electrons. The van der Waals surface area contributed by atoms with Gasteiger partial charge in [-0.05, 0) is 13.8 Å². The number of hydrogen-bond donors (Lipinski definition) is 0. The maximum Gasteiger partial charge on any atom is 0.309 e. The summed E-state index contributed by atoms with van der Waals surface area (Å²) >= 11 is 0. The summed E-state index contributed by atoms with van der Waals surface area (Å²) in [5.74, 6) is -0.205. The summed E-state index contributed by atoms with van der Waals surface area (Å²) in [4.78, 5) is 10.6. The third-order valence-corrected chi connectivity index (χ3v) is 1.08. The van der Waals surface area contributed by atoms with E-state index in [2.05, 4.69) is 4.74 Å². The number of carbonyl (C=O) groups excluding carboxylic acids is 1. The van der Waals surface area contributed by atoms with Crippen LogP contribution in [-0.4, -0.2) is 13.1 Å². The van der Waals surface area contributed by atoms with Crippen LogP contribution in [0.2, 0.25) is 0 Å². The van der Waals surface area contributed by atoms with Gasteiger partial charge in [0.05, 0.1) is 13.5 Å². The van der Waals surface area contributed by atoms with Gasteiger partial charge in [-0.3, -0.25) is 4.79 Å². The van der Waals surface area contributed by atoms with Crippen molar-refractivity contribution in [3.05, 3.63) is 23.8 Å². The van der Waals surface area contributed by atoms with Crippen LogP contribution in [0.15, 0.2) is 23.8 Å². The van der Waals surface area contributed by atoms with Gasteiger partial charge >= 0.3 is 5.97 Å². The Bertz CT molecular complexity index is 174. The van der Waals surface area contributed by atoms with Gasteiger partial charge in [0.25, 0.3) is 0 Å². The predicted molar refractivity (Wildman–Crippen MR) is 45.2 cm³/mol. The van der Waals surface area contributed by atoms with Crippen molar-refractivity contribution in [1.82, 2.24) is 0 Å². The first-order valence-corrected chi connectivity index (χ1v) is 3.53. The highest BCUT2D eigenvalue weighted by molar-refractivity contribution is 5.70. The molecule has 0 aliphatic rings. The number of ether oxygens (including phenoxy) is 1. The Hall–Kier alpha value is -1.05. The molecule has 11 heavy (non-hydrogen) atoms. The van der Waals surface area contributed by atoms with Crippen molar-refractivity contribution < 1.29 is 9.53 Å². The second kappa shape index (κ2) is 5.71. The molecule has 0 aliphatic carbocycles. The molecule has 2 nitrogen and oxygen atoms in total. The maximum absolute atomic E-state index is 10.6. The average molecular weight is 154 g/mol. The first-order chi connectivity index (χ1) is 5.16. The van der Waals surface area contributed by atoms with Crippen LogP contribution in [0.3, 0.4) is 0 Å². The minimum Gasteiger partial charge on any atom is -0.469 e. The van der Waals surface area contributed by atoms with Crippen LogP contribution in [0.5, 0.6) is 0 Å². The lowest BCUT2D eigenvalue weighted by Gasteiger charge is -1.90. The summed E-state index contributed by atoms with van der Waals surface area (Å²) in [6, 6.07) is 0. The van der Waals surface area contributed by atoms with E-state index in [4.69, 9.17) is 0 Å². The van der Waals surface area contributed by atoms with Gasteiger partial charge in [-0.25, -0.2) is 0 Å². The van der Waals surface area contributed by atoms with Crippen molar-refractivity contribution in [3.8, 4) is 0 Å². The molecule has 0 atom stereocenters. The Balaban J connectivity index is 3.61. The average Bonchev–Trinajstić information content (AvgIpc) is 1.97. The molecular formula is C9H14O2. The fourth-order valence-corrected chi connectivity index (χ4v) is 0.508. The highest BCUT2D eigenvalue weighted by Gasteiger charge is 1.91. The Morgan fingerprint density at radius 1 is 1.45 bits per heavy atom. The van der Waals surface area contributed by atoms with Gasteiger partial charge in [0.15, 0.2) is 0 Å². The van der Waals surface area contributed by atoms with Crippen LogP contribution >= 0.6 is 0 Å². The molecule has 0 saturated heterocycles. The van der Waals surface area contributed by atoms with E-state index < -0.39 is 0 Å². The largest absolute Gasteiger partial charge is 0.469 e. The van der Waals surface area contributed by atoms with Crippen molar-refractivity contribution in [3.63, 3.8) is 0 Å². The first-order valence-electron chi connectivity index (χ1n) is 3.53. The Kier molecular flexibility index (Phi) is 5.17. The molecule has 0 fully saturated rings. The number of esters is 1. The number of carbonyl (C=O) groups is 1. The predicted octanol–water partition coefficient (Wildman–Crippen LogP) is 2.07. The molecule has 0 radical (unpaired) electrons. The lowest BCUT2D eigenvalue weighted by molar-refractivity contribution is -0.139. The highest BCUT2D eigenvalue weighted by atomic mass is 16.5. The van der Waals surface area contributed by atoms with Gasteiger partial charge in [0.1, 0.15) is 0 Å². The zero-order valence-corrected chi connectivity index (χ0v) is 7.26.